The van der Waals surface area contributed by atoms with Crippen molar-refractivity contribution < 1.29 is 5.11 Å². The van der Waals surface area contributed by atoms with Crippen molar-refractivity contribution in [3.8, 4) is 5.75 Å². The van der Waals surface area contributed by atoms with Gasteiger partial charge in [0, 0.05) is 25.2 Å². The number of rotatable bonds is 12. The number of nitrogens with one attached hydrogen (secondary N) is 1. The first-order valence-corrected chi connectivity index (χ1v) is 11.7. The molecule has 0 aliphatic carbocycles. The largest absolute Gasteiger partial charge is 0.508 e. The zero-order valence-corrected chi connectivity index (χ0v) is 19.7. The summed E-state index contributed by atoms with van der Waals surface area (Å²) in [5, 5.41) is 17.0. The van der Waals surface area contributed by atoms with Crippen LogP contribution in [0.2, 0.25) is 0 Å². The molecule has 0 aliphatic rings. The van der Waals surface area contributed by atoms with E-state index in [0.29, 0.717) is 24.5 Å². The van der Waals surface area contributed by atoms with Crippen LogP contribution in [0.3, 0.4) is 0 Å². The second-order valence-corrected chi connectivity index (χ2v) is 9.22. The fourth-order valence-electron chi connectivity index (χ4n) is 3.86. The minimum atomic E-state index is -0.453. The van der Waals surface area contributed by atoms with E-state index in [2.05, 4.69) is 28.2 Å². The molecule has 6 nitrogen and oxygen atoms in total. The number of nitrogens with zero attached hydrogens (tertiary/aromatic N) is 2. The molecule has 32 heavy (non-hydrogen) atoms. The molecule has 2 N–H and O–H groups in total. The van der Waals surface area contributed by atoms with Gasteiger partial charge in [-0.2, -0.15) is 11.3 Å². The molecule has 170 valence electrons. The molecule has 1 aromatic heterocycles. The van der Waals surface area contributed by atoms with Crippen LogP contribution in [0, 0.1) is 0 Å². The van der Waals surface area contributed by atoms with Crippen LogP contribution >= 0.6 is 11.3 Å². The Morgan fingerprint density at radius 3 is 2.41 bits per heavy atom. The first-order chi connectivity index (χ1) is 15.3. The van der Waals surface area contributed by atoms with Crippen LogP contribution in [-0.4, -0.2) is 49.3 Å². The molecule has 0 aliphatic heterocycles. The fraction of sp³-hybridized carbons (Fsp3) is 0.360. The third kappa shape index (κ3) is 5.66. The number of thiophene rings is 1. The number of aromatic hydroxyl groups is 1. The van der Waals surface area contributed by atoms with Gasteiger partial charge in [-0.3, -0.25) is 9.59 Å². The summed E-state index contributed by atoms with van der Waals surface area (Å²) >= 11 is 1.65. The maximum atomic E-state index is 12.6. The number of benzene rings is 1. The lowest BCUT2D eigenvalue weighted by Crippen LogP contribution is -2.48. The predicted octanol–water partition coefficient (Wildman–Crippen LogP) is 3.26. The Morgan fingerprint density at radius 2 is 1.81 bits per heavy atom. The smallest absolute Gasteiger partial charge is 0.253 e. The van der Waals surface area contributed by atoms with Crippen LogP contribution in [0.25, 0.3) is 0 Å². The number of hydrogen-bond acceptors (Lipinski definition) is 7. The Labute approximate surface area is 193 Å². The zero-order valence-electron chi connectivity index (χ0n) is 18.9. The molecule has 0 radical (unpaired) electrons. The Balaban J connectivity index is 1.78. The molecule has 2 aromatic carbocycles. The lowest BCUT2D eigenvalue weighted by atomic mass is 10.0. The van der Waals surface area contributed by atoms with Crippen LogP contribution in [0.15, 0.2) is 63.3 Å². The Morgan fingerprint density at radius 1 is 1.09 bits per heavy atom. The zero-order chi connectivity index (χ0) is 23.3. The molecular weight excluding hydrogens is 422 g/mol. The average molecular weight is 454 g/mol. The van der Waals surface area contributed by atoms with Crippen molar-refractivity contribution in [1.82, 2.24) is 4.90 Å². The molecule has 0 bridgehead atoms. The third-order valence-corrected chi connectivity index (χ3v) is 6.36. The van der Waals surface area contributed by atoms with E-state index in [0.717, 1.165) is 18.4 Å². The second kappa shape index (κ2) is 10.6. The first kappa shape index (κ1) is 23.8. The van der Waals surface area contributed by atoms with E-state index < -0.39 is 10.9 Å². The van der Waals surface area contributed by atoms with Crippen molar-refractivity contribution in [2.75, 3.05) is 37.4 Å². The van der Waals surface area contributed by atoms with E-state index >= 15 is 0 Å². The van der Waals surface area contributed by atoms with Gasteiger partial charge >= 0.3 is 0 Å². The van der Waals surface area contributed by atoms with Crippen molar-refractivity contribution in [1.29, 1.82) is 0 Å². The van der Waals surface area contributed by atoms with E-state index in [1.807, 2.05) is 43.4 Å². The van der Waals surface area contributed by atoms with Crippen molar-refractivity contribution >= 4 is 22.7 Å². The molecule has 0 fully saturated rings. The summed E-state index contributed by atoms with van der Waals surface area (Å²) in [5.41, 5.74) is 2.25. The van der Waals surface area contributed by atoms with Gasteiger partial charge in [-0.1, -0.05) is 18.2 Å². The van der Waals surface area contributed by atoms with Gasteiger partial charge in [-0.05, 0) is 73.9 Å². The molecular formula is C25H31N3O3S. The number of phenols is 1. The lowest BCUT2D eigenvalue weighted by molar-refractivity contribution is 0.293. The number of hydrogen-bond donors (Lipinski definition) is 2. The molecule has 7 heteroatoms. The van der Waals surface area contributed by atoms with Crippen molar-refractivity contribution in [3.05, 3.63) is 85.3 Å². The minimum absolute atomic E-state index is 0.0267. The summed E-state index contributed by atoms with van der Waals surface area (Å²) in [7, 11) is 4.00. The topological polar surface area (TPSA) is 72.9 Å². The Bertz CT molecular complexity index is 1080. The maximum Gasteiger partial charge on any atom is 0.253 e. The first-order valence-electron chi connectivity index (χ1n) is 10.7. The van der Waals surface area contributed by atoms with Crippen molar-refractivity contribution in [2.45, 2.75) is 31.8 Å². The van der Waals surface area contributed by atoms with Gasteiger partial charge < -0.3 is 20.2 Å². The van der Waals surface area contributed by atoms with Crippen LogP contribution in [0.5, 0.6) is 5.75 Å². The normalized spacial score (nSPS) is 13.2. The summed E-state index contributed by atoms with van der Waals surface area (Å²) in [5.74, 6) is 0.236. The molecule has 1 unspecified atom stereocenters. The molecule has 0 spiro atoms. The summed E-state index contributed by atoms with van der Waals surface area (Å²) in [6.45, 7) is 6.90. The van der Waals surface area contributed by atoms with Gasteiger partial charge in [0.25, 0.3) is 10.9 Å². The average Bonchev–Trinajstić information content (AvgIpc) is 3.26. The highest BCUT2D eigenvalue weighted by atomic mass is 32.1. The Hall–Kier alpha value is -2.90. The highest BCUT2D eigenvalue weighted by Crippen LogP contribution is 2.24. The third-order valence-electron chi connectivity index (χ3n) is 5.63. The fourth-order valence-corrected chi connectivity index (χ4v) is 4.54. The van der Waals surface area contributed by atoms with Crippen LogP contribution in [0.4, 0.5) is 11.4 Å². The number of phenolic OH excluding ortho intramolecular Hbond substituents is 1. The van der Waals surface area contributed by atoms with Gasteiger partial charge in [0.05, 0.1) is 0 Å². The van der Waals surface area contributed by atoms with Gasteiger partial charge in [0.15, 0.2) is 0 Å². The highest BCUT2D eigenvalue weighted by molar-refractivity contribution is 7.07. The molecule has 0 saturated heterocycles. The number of anilines is 2. The van der Waals surface area contributed by atoms with Crippen LogP contribution < -0.4 is 21.1 Å². The maximum absolute atomic E-state index is 12.6. The van der Waals surface area contributed by atoms with Gasteiger partial charge in [0.1, 0.15) is 17.1 Å². The Kier molecular flexibility index (Phi) is 7.88. The van der Waals surface area contributed by atoms with Gasteiger partial charge in [-0.15, -0.1) is 6.58 Å². The standard InChI is InChI=1S/C25H31N3O3S/c1-5-11-28(15-20(27(3)4)14-18-6-8-21(29)9-7-18)23-22(24(30)25(23)31)26-17(2)13-19-10-12-32-16-19/h5-10,12,16-17,20,26,29H,1,11,13-15H2,2-4H3/t17-,20?/m0/s1. The van der Waals surface area contributed by atoms with Gasteiger partial charge in [0.2, 0.25) is 0 Å². The molecule has 2 atom stereocenters. The summed E-state index contributed by atoms with van der Waals surface area (Å²) < 4.78 is 0. The number of likely N-dealkylation sites (N-methyl/N-ethyl adjacent to an activating group) is 1. The van der Waals surface area contributed by atoms with E-state index in [-0.39, 0.29) is 17.8 Å². The van der Waals surface area contributed by atoms with Crippen molar-refractivity contribution in [2.24, 2.45) is 0 Å². The van der Waals surface area contributed by atoms with Gasteiger partial charge in [-0.25, -0.2) is 0 Å². The summed E-state index contributed by atoms with van der Waals surface area (Å²) in [6, 6.07) is 9.36. The summed E-state index contributed by atoms with van der Waals surface area (Å²) in [4.78, 5) is 29.0. The predicted molar refractivity (Wildman–Crippen MR) is 134 cm³/mol. The monoisotopic (exact) mass is 453 g/mol. The lowest BCUT2D eigenvalue weighted by Gasteiger charge is -2.34. The molecule has 3 rings (SSSR count). The molecule has 1 heterocycles. The summed E-state index contributed by atoms with van der Waals surface area (Å²) in [6.07, 6.45) is 3.28. The molecule has 0 saturated carbocycles. The van der Waals surface area contributed by atoms with Crippen LogP contribution in [-0.2, 0) is 12.8 Å². The van der Waals surface area contributed by atoms with E-state index in [4.69, 9.17) is 0 Å². The molecule has 3 aromatic rings. The van der Waals surface area contributed by atoms with Crippen molar-refractivity contribution in [3.63, 3.8) is 0 Å². The van der Waals surface area contributed by atoms with E-state index in [1.54, 1.807) is 29.5 Å². The highest BCUT2D eigenvalue weighted by Gasteiger charge is 2.28. The SMILES string of the molecule is C=CCN(CC(Cc1ccc(O)cc1)N(C)C)c1c(N[C@@H](C)Cc2ccsc2)c(=O)c1=O. The molecule has 0 amide bonds. The quantitative estimate of drug-likeness (QED) is 0.324. The van der Waals surface area contributed by atoms with Crippen LogP contribution in [0.1, 0.15) is 18.1 Å². The minimum Gasteiger partial charge on any atom is -0.508 e. The van der Waals surface area contributed by atoms with E-state index in [9.17, 15) is 14.7 Å². The van der Waals surface area contributed by atoms with E-state index in [1.165, 1.54) is 5.56 Å². The second-order valence-electron chi connectivity index (χ2n) is 8.44.